The highest BCUT2D eigenvalue weighted by atomic mass is 35.5. The van der Waals surface area contributed by atoms with Crippen LogP contribution in [0.25, 0.3) is 0 Å². The van der Waals surface area contributed by atoms with Crippen molar-refractivity contribution in [2.24, 2.45) is 0 Å². The molecule has 0 spiro atoms. The van der Waals surface area contributed by atoms with Crippen LogP contribution in [0, 0.1) is 0 Å². The van der Waals surface area contributed by atoms with Crippen molar-refractivity contribution in [3.63, 3.8) is 0 Å². The molecule has 0 radical (unpaired) electrons. The highest BCUT2D eigenvalue weighted by Gasteiger charge is 2.24. The van der Waals surface area contributed by atoms with Crippen LogP contribution in [0.3, 0.4) is 0 Å². The van der Waals surface area contributed by atoms with Gasteiger partial charge in [-0.1, -0.05) is 6.07 Å². The maximum absolute atomic E-state index is 12.2. The third-order valence-corrected chi connectivity index (χ3v) is 5.08. The molecule has 21 heavy (non-hydrogen) atoms. The molecule has 10 heteroatoms. The summed E-state index contributed by atoms with van der Waals surface area (Å²) in [6, 6.07) is 2.52. The molecule has 2 rings (SSSR count). The summed E-state index contributed by atoms with van der Waals surface area (Å²) in [5.74, 6) is -1.11. The number of hydrogen-bond acceptors (Lipinski definition) is 6. The Labute approximate surface area is 129 Å². The molecule has 1 unspecified atom stereocenters. The number of carbonyl (C=O) groups is 1. The number of hydrogen-bond donors (Lipinski definition) is 2. The van der Waals surface area contributed by atoms with Crippen molar-refractivity contribution in [3.8, 4) is 0 Å². The van der Waals surface area contributed by atoms with Crippen LogP contribution in [0.15, 0.2) is 34.8 Å². The first-order chi connectivity index (χ1) is 9.88. The van der Waals surface area contributed by atoms with Gasteiger partial charge in [-0.3, -0.25) is 4.79 Å². The fourth-order valence-electron chi connectivity index (χ4n) is 1.56. The molecule has 2 N–H and O–H groups in total. The van der Waals surface area contributed by atoms with Gasteiger partial charge in [-0.2, -0.15) is 0 Å². The normalized spacial score (nSPS) is 13.0. The molecule has 2 aromatic heterocycles. The summed E-state index contributed by atoms with van der Waals surface area (Å²) in [5.41, 5.74) is 0. The molecule has 1 atom stereocenters. The minimum atomic E-state index is -3.94. The number of thiophene rings is 1. The summed E-state index contributed by atoms with van der Waals surface area (Å²) >= 11 is 6.77. The van der Waals surface area contributed by atoms with Crippen LogP contribution < -0.4 is 4.72 Å². The summed E-state index contributed by atoms with van der Waals surface area (Å²) in [7, 11) is -3.94. The lowest BCUT2D eigenvalue weighted by atomic mass is 10.2. The Morgan fingerprint density at radius 2 is 2.10 bits per heavy atom. The van der Waals surface area contributed by atoms with E-state index >= 15 is 0 Å². The van der Waals surface area contributed by atoms with E-state index in [0.717, 1.165) is 12.4 Å². The average molecular weight is 348 g/mol. The predicted octanol–water partition coefficient (Wildman–Crippen LogP) is 1.69. The molecule has 0 aliphatic rings. The first-order valence-corrected chi connectivity index (χ1v) is 8.37. The molecule has 7 nitrogen and oxygen atoms in total. The topological polar surface area (TPSA) is 109 Å². The summed E-state index contributed by atoms with van der Waals surface area (Å²) in [4.78, 5) is 18.5. The molecular weight excluding hydrogens is 338 g/mol. The SMILES string of the molecule is O=C(O)CC(NS(=O)(=O)c1cnc(Cl)nc1)c1cccs1. The van der Waals surface area contributed by atoms with Gasteiger partial charge >= 0.3 is 5.97 Å². The van der Waals surface area contributed by atoms with E-state index in [1.54, 1.807) is 17.5 Å². The Kier molecular flexibility index (Phi) is 4.88. The fraction of sp³-hybridized carbons (Fsp3) is 0.182. The van der Waals surface area contributed by atoms with Gasteiger partial charge in [0.05, 0.1) is 24.9 Å². The highest BCUT2D eigenvalue weighted by Crippen LogP contribution is 2.24. The summed E-state index contributed by atoms with van der Waals surface area (Å²) in [6.07, 6.45) is 1.75. The molecule has 0 aliphatic heterocycles. The molecule has 0 fully saturated rings. The number of halogens is 1. The monoisotopic (exact) mass is 347 g/mol. The molecule has 2 heterocycles. The van der Waals surface area contributed by atoms with Crippen LogP contribution in [-0.2, 0) is 14.8 Å². The zero-order chi connectivity index (χ0) is 15.5. The van der Waals surface area contributed by atoms with Crippen LogP contribution in [0.2, 0.25) is 5.28 Å². The number of carboxylic acids is 1. The second-order valence-corrected chi connectivity index (χ2v) is 7.01. The average Bonchev–Trinajstić information content (AvgIpc) is 2.91. The van der Waals surface area contributed by atoms with E-state index in [2.05, 4.69) is 14.7 Å². The van der Waals surface area contributed by atoms with E-state index in [0.29, 0.717) is 4.88 Å². The summed E-state index contributed by atoms with van der Waals surface area (Å²) in [6.45, 7) is 0. The van der Waals surface area contributed by atoms with E-state index < -0.39 is 22.0 Å². The Morgan fingerprint density at radius 3 is 2.62 bits per heavy atom. The fourth-order valence-corrected chi connectivity index (χ4v) is 3.61. The molecular formula is C11H10ClN3O4S2. The van der Waals surface area contributed by atoms with Crippen molar-refractivity contribution in [2.75, 3.05) is 0 Å². The minimum absolute atomic E-state index is 0.0747. The summed E-state index contributed by atoms with van der Waals surface area (Å²) in [5, 5.41) is 10.6. The maximum Gasteiger partial charge on any atom is 0.305 e. The molecule has 0 aliphatic carbocycles. The van der Waals surface area contributed by atoms with Gasteiger partial charge in [0.2, 0.25) is 15.3 Å². The maximum atomic E-state index is 12.2. The number of nitrogens with one attached hydrogen (secondary N) is 1. The number of aliphatic carboxylic acids is 1. The third-order valence-electron chi connectivity index (χ3n) is 2.47. The third kappa shape index (κ3) is 4.21. The van der Waals surface area contributed by atoms with Gasteiger partial charge in [0.1, 0.15) is 4.90 Å². The Bertz CT molecular complexity index is 716. The molecule has 0 amide bonds. The smallest absolute Gasteiger partial charge is 0.305 e. The van der Waals surface area contributed by atoms with E-state index in [1.807, 2.05) is 0 Å². The first-order valence-electron chi connectivity index (χ1n) is 5.63. The number of sulfonamides is 1. The first kappa shape index (κ1) is 15.8. The van der Waals surface area contributed by atoms with Crippen LogP contribution >= 0.6 is 22.9 Å². The Hall–Kier alpha value is -1.55. The van der Waals surface area contributed by atoms with E-state index in [1.165, 1.54) is 11.3 Å². The van der Waals surface area contributed by atoms with Gasteiger partial charge in [0.25, 0.3) is 0 Å². The van der Waals surface area contributed by atoms with Crippen molar-refractivity contribution < 1.29 is 18.3 Å². The largest absolute Gasteiger partial charge is 0.481 e. The number of rotatable bonds is 6. The predicted molar refractivity (Wildman–Crippen MR) is 76.7 cm³/mol. The van der Waals surface area contributed by atoms with Crippen molar-refractivity contribution in [1.82, 2.24) is 14.7 Å². The van der Waals surface area contributed by atoms with Crippen LogP contribution in [-0.4, -0.2) is 29.5 Å². The molecule has 0 saturated carbocycles. The van der Waals surface area contributed by atoms with Gasteiger partial charge in [0, 0.05) is 4.88 Å². The summed E-state index contributed by atoms with van der Waals surface area (Å²) < 4.78 is 26.8. The lowest BCUT2D eigenvalue weighted by Crippen LogP contribution is -2.30. The Morgan fingerprint density at radius 1 is 1.43 bits per heavy atom. The van der Waals surface area contributed by atoms with Crippen molar-refractivity contribution in [3.05, 3.63) is 40.1 Å². The van der Waals surface area contributed by atoms with Gasteiger partial charge in [0.15, 0.2) is 0 Å². The van der Waals surface area contributed by atoms with Gasteiger partial charge in [-0.15, -0.1) is 11.3 Å². The lowest BCUT2D eigenvalue weighted by Gasteiger charge is -2.15. The van der Waals surface area contributed by atoms with Crippen LogP contribution in [0.5, 0.6) is 0 Å². The second-order valence-electron chi connectivity index (χ2n) is 3.97. The zero-order valence-corrected chi connectivity index (χ0v) is 12.8. The van der Waals surface area contributed by atoms with Crippen LogP contribution in [0.4, 0.5) is 0 Å². The zero-order valence-electron chi connectivity index (χ0n) is 10.4. The molecule has 0 bridgehead atoms. The number of aromatic nitrogens is 2. The van der Waals surface area contributed by atoms with E-state index in [9.17, 15) is 13.2 Å². The van der Waals surface area contributed by atoms with Crippen molar-refractivity contribution in [2.45, 2.75) is 17.4 Å². The molecule has 112 valence electrons. The number of nitrogens with zero attached hydrogens (tertiary/aromatic N) is 2. The second kappa shape index (κ2) is 6.48. The van der Waals surface area contributed by atoms with E-state index in [-0.39, 0.29) is 16.6 Å². The van der Waals surface area contributed by atoms with Gasteiger partial charge in [-0.25, -0.2) is 23.1 Å². The number of carboxylic acid groups (broad SMARTS) is 1. The molecule has 0 aromatic carbocycles. The quantitative estimate of drug-likeness (QED) is 0.769. The van der Waals surface area contributed by atoms with Crippen molar-refractivity contribution >= 4 is 38.9 Å². The highest BCUT2D eigenvalue weighted by molar-refractivity contribution is 7.89. The van der Waals surface area contributed by atoms with Crippen LogP contribution in [0.1, 0.15) is 17.3 Å². The molecule has 0 saturated heterocycles. The minimum Gasteiger partial charge on any atom is -0.481 e. The standard InChI is InChI=1S/C11H10ClN3O4S2/c12-11-13-5-7(6-14-11)21(18,19)15-8(4-10(16)17)9-2-1-3-20-9/h1-3,5-6,8,15H,4H2,(H,16,17). The molecule has 2 aromatic rings. The van der Waals surface area contributed by atoms with Gasteiger partial charge < -0.3 is 5.11 Å². The van der Waals surface area contributed by atoms with Crippen molar-refractivity contribution in [1.29, 1.82) is 0 Å². The van der Waals surface area contributed by atoms with E-state index in [4.69, 9.17) is 16.7 Å². The lowest BCUT2D eigenvalue weighted by molar-refractivity contribution is -0.137. The Balaban J connectivity index is 2.27. The van der Waals surface area contributed by atoms with Gasteiger partial charge in [-0.05, 0) is 23.0 Å².